The first kappa shape index (κ1) is 17.9. The van der Waals surface area contributed by atoms with Gasteiger partial charge in [0.2, 0.25) is 11.1 Å². The second kappa shape index (κ2) is 8.44. The molecule has 9 heteroatoms. The number of urea groups is 1. The number of benzene rings is 1. The van der Waals surface area contributed by atoms with Gasteiger partial charge in [-0.1, -0.05) is 37.7 Å². The number of imide groups is 1. The highest BCUT2D eigenvalue weighted by Gasteiger charge is 2.13. The van der Waals surface area contributed by atoms with Gasteiger partial charge in [-0.25, -0.2) is 4.79 Å². The van der Waals surface area contributed by atoms with E-state index < -0.39 is 11.9 Å². The standard InChI is InChI=1S/C15H20N6O2S/c1-4-16-14(23)17-13(22)9-24-15-18-19-20-21(15)12-7-5-11(6-8-12)10(2)3/h5-8,10H,4,9H2,1-3H3,(H2,16,17,22,23). The Morgan fingerprint density at radius 3 is 2.58 bits per heavy atom. The zero-order valence-corrected chi connectivity index (χ0v) is 14.6. The van der Waals surface area contributed by atoms with Crippen LogP contribution in [-0.2, 0) is 4.79 Å². The number of nitrogens with one attached hydrogen (secondary N) is 2. The Balaban J connectivity index is 2.00. The molecule has 0 aliphatic rings. The number of amides is 3. The Labute approximate surface area is 144 Å². The van der Waals surface area contributed by atoms with Crippen LogP contribution < -0.4 is 10.6 Å². The smallest absolute Gasteiger partial charge is 0.321 e. The number of carbonyl (C=O) groups is 2. The molecule has 0 unspecified atom stereocenters. The first-order valence-electron chi connectivity index (χ1n) is 7.60. The number of carbonyl (C=O) groups excluding carboxylic acids is 2. The molecule has 0 spiro atoms. The average molecular weight is 348 g/mol. The first-order chi connectivity index (χ1) is 11.5. The van der Waals surface area contributed by atoms with Crippen molar-refractivity contribution in [3.63, 3.8) is 0 Å². The molecule has 24 heavy (non-hydrogen) atoms. The van der Waals surface area contributed by atoms with Crippen LogP contribution in [-0.4, -0.2) is 44.4 Å². The summed E-state index contributed by atoms with van der Waals surface area (Å²) in [5, 5.41) is 16.7. The Hall–Kier alpha value is -2.42. The molecule has 1 aromatic heterocycles. The fourth-order valence-electron chi connectivity index (χ4n) is 1.93. The van der Waals surface area contributed by atoms with Crippen LogP contribution in [0, 0.1) is 0 Å². The lowest BCUT2D eigenvalue weighted by molar-refractivity contribution is -0.117. The van der Waals surface area contributed by atoms with Crippen molar-refractivity contribution >= 4 is 23.7 Å². The van der Waals surface area contributed by atoms with Crippen molar-refractivity contribution in [2.24, 2.45) is 0 Å². The molecule has 0 fully saturated rings. The van der Waals surface area contributed by atoms with Crippen molar-refractivity contribution in [1.82, 2.24) is 30.8 Å². The van der Waals surface area contributed by atoms with E-state index in [-0.39, 0.29) is 5.75 Å². The monoisotopic (exact) mass is 348 g/mol. The lowest BCUT2D eigenvalue weighted by atomic mass is 10.0. The third-order valence-corrected chi connectivity index (χ3v) is 4.09. The highest BCUT2D eigenvalue weighted by molar-refractivity contribution is 7.99. The summed E-state index contributed by atoms with van der Waals surface area (Å²) >= 11 is 1.16. The molecular weight excluding hydrogens is 328 g/mol. The van der Waals surface area contributed by atoms with Gasteiger partial charge in [-0.2, -0.15) is 4.68 Å². The molecule has 3 amide bonds. The third-order valence-electron chi connectivity index (χ3n) is 3.17. The molecule has 0 aliphatic carbocycles. The van der Waals surface area contributed by atoms with Gasteiger partial charge in [0.25, 0.3) is 0 Å². The summed E-state index contributed by atoms with van der Waals surface area (Å²) in [7, 11) is 0. The molecule has 0 saturated heterocycles. The minimum absolute atomic E-state index is 0.0432. The maximum atomic E-state index is 11.7. The SMILES string of the molecule is CCNC(=O)NC(=O)CSc1nnnn1-c1ccc(C(C)C)cc1. The van der Waals surface area contributed by atoms with Gasteiger partial charge in [0.1, 0.15) is 0 Å². The molecule has 128 valence electrons. The van der Waals surface area contributed by atoms with Crippen LogP contribution in [0.15, 0.2) is 29.4 Å². The lowest BCUT2D eigenvalue weighted by Crippen LogP contribution is -2.40. The second-order valence-corrected chi connectivity index (χ2v) is 6.26. The number of hydrogen-bond acceptors (Lipinski definition) is 6. The third kappa shape index (κ3) is 4.79. The van der Waals surface area contributed by atoms with Crippen LogP contribution in [0.1, 0.15) is 32.3 Å². The molecule has 1 heterocycles. The largest absolute Gasteiger partial charge is 0.338 e. The van der Waals surface area contributed by atoms with Gasteiger partial charge in [0.15, 0.2) is 0 Å². The lowest BCUT2D eigenvalue weighted by Gasteiger charge is -2.08. The van der Waals surface area contributed by atoms with E-state index in [2.05, 4.69) is 40.0 Å². The van der Waals surface area contributed by atoms with Gasteiger partial charge in [-0.3, -0.25) is 10.1 Å². The normalized spacial score (nSPS) is 10.7. The summed E-state index contributed by atoms with van der Waals surface area (Å²) in [5.41, 5.74) is 2.04. The summed E-state index contributed by atoms with van der Waals surface area (Å²) in [5.74, 6) is 0.0806. The maximum Gasteiger partial charge on any atom is 0.321 e. The Kier molecular flexibility index (Phi) is 6.30. The fraction of sp³-hybridized carbons (Fsp3) is 0.400. The molecule has 0 atom stereocenters. The number of nitrogens with zero attached hydrogens (tertiary/aromatic N) is 4. The molecule has 2 aromatic rings. The van der Waals surface area contributed by atoms with E-state index in [9.17, 15) is 9.59 Å². The van der Waals surface area contributed by atoms with Crippen LogP contribution in [0.4, 0.5) is 4.79 Å². The maximum absolute atomic E-state index is 11.7. The molecule has 0 aliphatic heterocycles. The van der Waals surface area contributed by atoms with Crippen molar-refractivity contribution in [2.45, 2.75) is 31.8 Å². The highest BCUT2D eigenvalue weighted by Crippen LogP contribution is 2.20. The molecule has 8 nitrogen and oxygen atoms in total. The number of aromatic nitrogens is 4. The van der Waals surface area contributed by atoms with Crippen LogP contribution in [0.2, 0.25) is 0 Å². The number of hydrogen-bond donors (Lipinski definition) is 2. The van der Waals surface area contributed by atoms with E-state index in [4.69, 9.17) is 0 Å². The van der Waals surface area contributed by atoms with Gasteiger partial charge >= 0.3 is 6.03 Å². The van der Waals surface area contributed by atoms with Gasteiger partial charge in [0.05, 0.1) is 11.4 Å². The Bertz CT molecular complexity index is 698. The molecule has 1 aromatic carbocycles. The Morgan fingerprint density at radius 2 is 1.96 bits per heavy atom. The van der Waals surface area contributed by atoms with Gasteiger partial charge in [-0.15, -0.1) is 5.10 Å². The summed E-state index contributed by atoms with van der Waals surface area (Å²) in [6, 6.07) is 7.41. The van der Waals surface area contributed by atoms with Crippen LogP contribution in [0.5, 0.6) is 0 Å². The van der Waals surface area contributed by atoms with Crippen molar-refractivity contribution in [1.29, 1.82) is 0 Å². The molecule has 0 radical (unpaired) electrons. The summed E-state index contributed by atoms with van der Waals surface area (Å²) < 4.78 is 1.56. The number of thioether (sulfide) groups is 1. The Morgan fingerprint density at radius 1 is 1.25 bits per heavy atom. The summed E-state index contributed by atoms with van der Waals surface area (Å²) in [6.07, 6.45) is 0. The van der Waals surface area contributed by atoms with Crippen molar-refractivity contribution in [3.8, 4) is 5.69 Å². The highest BCUT2D eigenvalue weighted by atomic mass is 32.2. The average Bonchev–Trinajstić information content (AvgIpc) is 3.01. The zero-order valence-electron chi connectivity index (χ0n) is 13.8. The molecule has 0 bridgehead atoms. The fourth-order valence-corrected chi connectivity index (χ4v) is 2.62. The van der Waals surface area contributed by atoms with E-state index in [1.54, 1.807) is 11.6 Å². The van der Waals surface area contributed by atoms with E-state index in [1.165, 1.54) is 5.56 Å². The topological polar surface area (TPSA) is 102 Å². The van der Waals surface area contributed by atoms with Crippen molar-refractivity contribution in [3.05, 3.63) is 29.8 Å². The molecular formula is C15H20N6O2S. The molecule has 0 saturated carbocycles. The van der Waals surface area contributed by atoms with Crippen molar-refractivity contribution in [2.75, 3.05) is 12.3 Å². The number of tetrazole rings is 1. The van der Waals surface area contributed by atoms with E-state index >= 15 is 0 Å². The minimum Gasteiger partial charge on any atom is -0.338 e. The van der Waals surface area contributed by atoms with Crippen molar-refractivity contribution < 1.29 is 9.59 Å². The predicted octanol–water partition coefficient (Wildman–Crippen LogP) is 1.72. The van der Waals surface area contributed by atoms with Crippen LogP contribution in [0.3, 0.4) is 0 Å². The summed E-state index contributed by atoms with van der Waals surface area (Å²) in [6.45, 7) is 6.48. The molecule has 2 rings (SSSR count). The van der Waals surface area contributed by atoms with E-state index in [0.717, 1.165) is 17.4 Å². The van der Waals surface area contributed by atoms with E-state index in [1.807, 2.05) is 24.3 Å². The zero-order chi connectivity index (χ0) is 17.5. The van der Waals surface area contributed by atoms with Gasteiger partial charge < -0.3 is 5.32 Å². The number of rotatable bonds is 6. The summed E-state index contributed by atoms with van der Waals surface area (Å²) in [4.78, 5) is 23.0. The van der Waals surface area contributed by atoms with Gasteiger partial charge in [-0.05, 0) is 41.0 Å². The minimum atomic E-state index is -0.507. The predicted molar refractivity (Wildman–Crippen MR) is 91.2 cm³/mol. The van der Waals surface area contributed by atoms with Gasteiger partial charge in [0, 0.05) is 6.54 Å². The van der Waals surface area contributed by atoms with Crippen LogP contribution >= 0.6 is 11.8 Å². The van der Waals surface area contributed by atoms with Crippen LogP contribution in [0.25, 0.3) is 5.69 Å². The first-order valence-corrected chi connectivity index (χ1v) is 8.59. The molecule has 2 N–H and O–H groups in total. The van der Waals surface area contributed by atoms with E-state index in [0.29, 0.717) is 17.6 Å². The quantitative estimate of drug-likeness (QED) is 0.771. The second-order valence-electron chi connectivity index (χ2n) is 5.32.